The quantitative estimate of drug-likeness (QED) is 0.211. The molecular weight excluding hydrogens is 609 g/mol. The molecule has 0 unspecified atom stereocenters. The minimum absolute atomic E-state index is 0.0756. The van der Waals surface area contributed by atoms with Crippen LogP contribution in [-0.2, 0) is 29.6 Å². The van der Waals surface area contributed by atoms with E-state index in [1.54, 1.807) is 52.8 Å². The number of halogens is 3. The van der Waals surface area contributed by atoms with Crippen LogP contribution in [0.1, 0.15) is 16.8 Å². The summed E-state index contributed by atoms with van der Waals surface area (Å²) in [5.74, 6) is 0.360. The van der Waals surface area contributed by atoms with Crippen LogP contribution in [0, 0.1) is 13.5 Å². The fraction of sp³-hybridized carbons (Fsp3) is 0.161. The minimum atomic E-state index is -4.67. The lowest BCUT2D eigenvalue weighted by Gasteiger charge is -2.10. The van der Waals surface area contributed by atoms with E-state index in [2.05, 4.69) is 10.2 Å². The second-order valence-corrected chi connectivity index (χ2v) is 12.3. The van der Waals surface area contributed by atoms with Crippen molar-refractivity contribution < 1.29 is 31.0 Å². The number of rotatable bonds is 6. The molecule has 2 heterocycles. The second kappa shape index (κ2) is 11.6. The third kappa shape index (κ3) is 6.02. The average Bonchev–Trinajstić information content (AvgIpc) is 3.50. The van der Waals surface area contributed by atoms with Gasteiger partial charge in [0.2, 0.25) is 0 Å². The molecule has 0 fully saturated rings. The minimum Gasteiger partial charge on any atom is -0.333 e. The van der Waals surface area contributed by atoms with Gasteiger partial charge in [0.15, 0.2) is 21.2 Å². The smallest absolute Gasteiger partial charge is 0.333 e. The topological polar surface area (TPSA) is 103 Å². The molecule has 14 heteroatoms. The molecule has 0 saturated heterocycles. The van der Waals surface area contributed by atoms with Gasteiger partial charge < -0.3 is 5.32 Å². The predicted molar refractivity (Wildman–Crippen MR) is 159 cm³/mol. The number of nitrogens with zero attached hydrogens (tertiary/aromatic N) is 5. The summed E-state index contributed by atoms with van der Waals surface area (Å²) in [5, 5.41) is 2.67. The maximum atomic E-state index is 14.0. The lowest BCUT2D eigenvalue weighted by molar-refractivity contribution is -0.659. The first-order valence-corrected chi connectivity index (χ1v) is 15.2. The molecule has 0 radical (unpaired) electrons. The van der Waals surface area contributed by atoms with E-state index in [9.17, 15) is 31.2 Å². The summed E-state index contributed by atoms with van der Waals surface area (Å²) in [6, 6.07) is 15.9. The van der Waals surface area contributed by atoms with Crippen molar-refractivity contribution >= 4 is 21.6 Å². The van der Waals surface area contributed by atoms with Gasteiger partial charge >= 0.3 is 23.7 Å². The lowest BCUT2D eigenvalue weighted by Crippen LogP contribution is -2.38. The van der Waals surface area contributed by atoms with Crippen LogP contribution in [0.3, 0.4) is 0 Å². The van der Waals surface area contributed by atoms with Gasteiger partial charge in [0.1, 0.15) is 18.1 Å². The number of benzene rings is 3. The van der Waals surface area contributed by atoms with E-state index in [1.807, 2.05) is 0 Å². The maximum absolute atomic E-state index is 14.0. The van der Waals surface area contributed by atoms with E-state index >= 15 is 0 Å². The molecular formula is C31H26F3N6O4S+. The van der Waals surface area contributed by atoms with Gasteiger partial charge in [-0.15, -0.1) is 0 Å². The highest BCUT2D eigenvalue weighted by Crippen LogP contribution is 2.31. The number of imidazole rings is 2. The Morgan fingerprint density at radius 2 is 1.69 bits per heavy atom. The van der Waals surface area contributed by atoms with Crippen molar-refractivity contribution in [1.82, 2.24) is 19.0 Å². The highest BCUT2D eigenvalue weighted by atomic mass is 32.2. The van der Waals surface area contributed by atoms with E-state index < -0.39 is 33.3 Å². The van der Waals surface area contributed by atoms with Crippen LogP contribution >= 0.6 is 0 Å². The SMILES string of the molecule is [C-]#[N+]c1ccc(-n2cc[n+](C)c2-c2c(C)n(-c3cccc(C(F)(F)F)c3)c(=O)n2C(=O)NCc2ccc(S(C)(=O)=O)cc2)cc1. The molecule has 0 aliphatic rings. The largest absolute Gasteiger partial charge is 0.416 e. The normalized spacial score (nSPS) is 11.8. The Kier molecular flexibility index (Phi) is 7.99. The van der Waals surface area contributed by atoms with E-state index in [1.165, 1.54) is 43.3 Å². The van der Waals surface area contributed by atoms with Crippen molar-refractivity contribution in [2.75, 3.05) is 6.26 Å². The van der Waals surface area contributed by atoms with Crippen LogP contribution in [0.2, 0.25) is 0 Å². The zero-order valence-corrected chi connectivity index (χ0v) is 25.0. The van der Waals surface area contributed by atoms with E-state index in [4.69, 9.17) is 6.57 Å². The van der Waals surface area contributed by atoms with Crippen LogP contribution < -0.4 is 15.6 Å². The molecule has 2 aromatic heterocycles. The number of carbonyl (C=O) groups is 1. The first kappa shape index (κ1) is 31.0. The summed E-state index contributed by atoms with van der Waals surface area (Å²) in [4.78, 5) is 31.2. The van der Waals surface area contributed by atoms with Crippen molar-refractivity contribution in [3.8, 4) is 22.9 Å². The lowest BCUT2D eigenvalue weighted by atomic mass is 10.2. The highest BCUT2D eigenvalue weighted by Gasteiger charge is 2.34. The highest BCUT2D eigenvalue weighted by molar-refractivity contribution is 7.90. The van der Waals surface area contributed by atoms with Gasteiger partial charge in [-0.05, 0) is 55.0 Å². The van der Waals surface area contributed by atoms with Crippen LogP contribution in [0.5, 0.6) is 0 Å². The van der Waals surface area contributed by atoms with Crippen molar-refractivity contribution in [1.29, 1.82) is 0 Å². The summed E-state index contributed by atoms with van der Waals surface area (Å²) < 4.78 is 69.7. The molecule has 0 bridgehead atoms. The van der Waals surface area contributed by atoms with Crippen molar-refractivity contribution in [3.63, 3.8) is 0 Å². The third-order valence-corrected chi connectivity index (χ3v) is 8.31. The van der Waals surface area contributed by atoms with Gasteiger partial charge in [-0.25, -0.2) is 32.0 Å². The van der Waals surface area contributed by atoms with Gasteiger partial charge in [0, 0.05) is 12.8 Å². The molecule has 5 rings (SSSR count). The summed E-state index contributed by atoms with van der Waals surface area (Å²) >= 11 is 0. The summed E-state index contributed by atoms with van der Waals surface area (Å²) in [6.45, 7) is 8.69. The Morgan fingerprint density at radius 3 is 2.29 bits per heavy atom. The number of carbonyl (C=O) groups excluding carboxylic acids is 1. The van der Waals surface area contributed by atoms with E-state index in [0.29, 0.717) is 22.8 Å². The predicted octanol–water partition coefficient (Wildman–Crippen LogP) is 4.96. The van der Waals surface area contributed by atoms with Gasteiger partial charge in [0.25, 0.3) is 0 Å². The van der Waals surface area contributed by atoms with Gasteiger partial charge in [0.05, 0.1) is 35.5 Å². The Morgan fingerprint density at radius 1 is 1.02 bits per heavy atom. The van der Waals surface area contributed by atoms with Crippen molar-refractivity contribution in [2.24, 2.45) is 7.05 Å². The molecule has 1 N–H and O–H groups in total. The zero-order chi connectivity index (χ0) is 32.7. The number of amides is 1. The molecule has 10 nitrogen and oxygen atoms in total. The van der Waals surface area contributed by atoms with Gasteiger partial charge in [-0.1, -0.05) is 30.3 Å². The van der Waals surface area contributed by atoms with E-state index in [-0.39, 0.29) is 28.5 Å². The summed E-state index contributed by atoms with van der Waals surface area (Å²) in [7, 11) is -1.74. The molecule has 0 aliphatic heterocycles. The van der Waals surface area contributed by atoms with Gasteiger partial charge in [-0.2, -0.15) is 17.7 Å². The molecule has 5 aromatic rings. The number of aryl methyl sites for hydroxylation is 1. The Balaban J connectivity index is 1.66. The second-order valence-electron chi connectivity index (χ2n) is 10.2. The molecule has 0 saturated carbocycles. The van der Waals surface area contributed by atoms with Crippen LogP contribution in [0.15, 0.2) is 94.9 Å². The number of alkyl halides is 3. The Hall–Kier alpha value is -5.42. The molecule has 1 amide bonds. The standard InChI is InChI=1S/C31H25F3N6O4S/c1-20-27(28-37(3)16-17-38(28)24-12-10-23(35-2)11-13-24)40(29(41)36-19-21-8-14-26(15-9-21)45(4,43)44)30(42)39(20)25-7-5-6-22(18-25)31(32,33)34/h5-18H,19H2,1,3-4H3/p+1. The number of hydrogen-bond acceptors (Lipinski definition) is 4. The monoisotopic (exact) mass is 635 g/mol. The summed E-state index contributed by atoms with van der Waals surface area (Å²) in [5.41, 5.74) is -0.0744. The third-order valence-electron chi connectivity index (χ3n) is 7.18. The Bertz CT molecular complexity index is 2140. The average molecular weight is 636 g/mol. The molecule has 0 spiro atoms. The Labute approximate surface area is 256 Å². The molecule has 0 aliphatic carbocycles. The van der Waals surface area contributed by atoms with Crippen molar-refractivity contribution in [3.05, 3.63) is 124 Å². The number of sulfone groups is 1. The fourth-order valence-electron chi connectivity index (χ4n) is 4.95. The number of aromatic nitrogens is 4. The molecule has 45 heavy (non-hydrogen) atoms. The first-order valence-electron chi connectivity index (χ1n) is 13.3. The first-order chi connectivity index (χ1) is 21.2. The van der Waals surface area contributed by atoms with Crippen LogP contribution in [0.25, 0.3) is 27.7 Å². The fourth-order valence-corrected chi connectivity index (χ4v) is 5.58. The number of nitrogens with one attached hydrogen (secondary N) is 1. The zero-order valence-electron chi connectivity index (χ0n) is 24.2. The summed E-state index contributed by atoms with van der Waals surface area (Å²) in [6.07, 6.45) is -0.208. The molecule has 230 valence electrons. The van der Waals surface area contributed by atoms with E-state index in [0.717, 1.165) is 27.5 Å². The van der Waals surface area contributed by atoms with Crippen LogP contribution in [-0.4, -0.2) is 34.4 Å². The van der Waals surface area contributed by atoms with Crippen molar-refractivity contribution in [2.45, 2.75) is 24.5 Å². The molecule has 3 aromatic carbocycles. The number of hydrogen-bond donors (Lipinski definition) is 1. The van der Waals surface area contributed by atoms with Gasteiger partial charge in [-0.3, -0.25) is 4.57 Å². The molecule has 0 atom stereocenters. The maximum Gasteiger partial charge on any atom is 0.416 e. The van der Waals surface area contributed by atoms with Crippen LogP contribution in [0.4, 0.5) is 23.7 Å².